The van der Waals surface area contributed by atoms with Crippen molar-refractivity contribution < 1.29 is 9.13 Å². The number of hydrogen-bond acceptors (Lipinski definition) is 3. The number of anilines is 1. The number of fused-ring (bicyclic) bond motifs is 1. The number of nitrogen functional groups attached to an aromatic ring is 1. The van der Waals surface area contributed by atoms with E-state index in [9.17, 15) is 4.39 Å². The van der Waals surface area contributed by atoms with E-state index in [1.54, 1.807) is 13.0 Å². The summed E-state index contributed by atoms with van der Waals surface area (Å²) >= 11 is 0. The summed E-state index contributed by atoms with van der Waals surface area (Å²) in [5.74, 6) is 0.0713. The molecule has 0 aliphatic heterocycles. The van der Waals surface area contributed by atoms with Gasteiger partial charge in [-0.25, -0.2) is 9.37 Å². The first-order valence-corrected chi connectivity index (χ1v) is 4.53. The Morgan fingerprint density at radius 1 is 1.33 bits per heavy atom. The zero-order valence-electron chi connectivity index (χ0n) is 8.54. The van der Waals surface area contributed by atoms with Gasteiger partial charge in [-0.3, -0.25) is 0 Å². The maximum atomic E-state index is 13.1. The number of hydrogen-bond donors (Lipinski definition) is 1. The second kappa shape index (κ2) is 3.38. The molecule has 0 amide bonds. The maximum Gasteiger partial charge on any atom is 0.221 e. The van der Waals surface area contributed by atoms with E-state index < -0.39 is 0 Å². The van der Waals surface area contributed by atoms with Crippen LogP contribution in [0.4, 0.5) is 10.1 Å². The molecule has 0 saturated heterocycles. The number of aryl methyl sites for hydroxylation is 1. The molecule has 0 saturated carbocycles. The second-order valence-electron chi connectivity index (χ2n) is 3.31. The Labute approximate surface area is 86.7 Å². The molecule has 0 radical (unpaired) electrons. The van der Waals surface area contributed by atoms with Crippen molar-refractivity contribution in [3.8, 4) is 5.88 Å². The molecule has 15 heavy (non-hydrogen) atoms. The zero-order valence-corrected chi connectivity index (χ0v) is 8.54. The average Bonchev–Trinajstić information content (AvgIpc) is 2.23. The van der Waals surface area contributed by atoms with Crippen molar-refractivity contribution in [2.75, 3.05) is 12.8 Å². The number of methoxy groups -OCH3 is 1. The number of nitrogens with zero attached hydrogens (tertiary/aromatic N) is 1. The predicted octanol–water partition coefficient (Wildman–Crippen LogP) is 2.27. The molecule has 3 nitrogen and oxygen atoms in total. The molecule has 1 aromatic heterocycles. The van der Waals surface area contributed by atoms with Gasteiger partial charge in [0, 0.05) is 10.8 Å². The molecule has 0 bridgehead atoms. The van der Waals surface area contributed by atoms with Gasteiger partial charge in [0.1, 0.15) is 5.82 Å². The second-order valence-corrected chi connectivity index (χ2v) is 3.31. The Kier molecular flexibility index (Phi) is 2.19. The Balaban J connectivity index is 2.90. The molecule has 2 N–H and O–H groups in total. The SMILES string of the molecule is COc1nc(C)c(N)c2ccc(F)cc12. The first-order chi connectivity index (χ1) is 7.13. The van der Waals surface area contributed by atoms with Crippen molar-refractivity contribution in [1.82, 2.24) is 4.98 Å². The molecule has 78 valence electrons. The van der Waals surface area contributed by atoms with Gasteiger partial charge in [-0.2, -0.15) is 0 Å². The lowest BCUT2D eigenvalue weighted by molar-refractivity contribution is 0.402. The lowest BCUT2D eigenvalue weighted by Crippen LogP contribution is -1.98. The van der Waals surface area contributed by atoms with E-state index in [0.29, 0.717) is 22.6 Å². The third kappa shape index (κ3) is 1.48. The van der Waals surface area contributed by atoms with Crippen molar-refractivity contribution in [2.45, 2.75) is 6.92 Å². The summed E-state index contributed by atoms with van der Waals surface area (Å²) in [5, 5.41) is 1.36. The first-order valence-electron chi connectivity index (χ1n) is 4.53. The highest BCUT2D eigenvalue weighted by Gasteiger charge is 2.09. The third-order valence-electron chi connectivity index (χ3n) is 2.35. The lowest BCUT2D eigenvalue weighted by Gasteiger charge is -2.09. The van der Waals surface area contributed by atoms with Crippen LogP contribution in [0.25, 0.3) is 10.8 Å². The lowest BCUT2D eigenvalue weighted by atomic mass is 10.1. The molecule has 2 aromatic rings. The molecular weight excluding hydrogens is 195 g/mol. The predicted molar refractivity (Wildman–Crippen MR) is 57.4 cm³/mol. The fourth-order valence-corrected chi connectivity index (χ4v) is 1.55. The summed E-state index contributed by atoms with van der Waals surface area (Å²) < 4.78 is 18.1. The van der Waals surface area contributed by atoms with Gasteiger partial charge in [-0.1, -0.05) is 0 Å². The van der Waals surface area contributed by atoms with Crippen molar-refractivity contribution in [2.24, 2.45) is 0 Å². The number of aromatic nitrogens is 1. The molecule has 1 aromatic carbocycles. The van der Waals surface area contributed by atoms with Crippen LogP contribution in [-0.4, -0.2) is 12.1 Å². The van der Waals surface area contributed by atoms with Crippen LogP contribution in [0.2, 0.25) is 0 Å². The highest BCUT2D eigenvalue weighted by Crippen LogP contribution is 2.30. The Bertz CT molecular complexity index is 525. The highest BCUT2D eigenvalue weighted by atomic mass is 19.1. The van der Waals surface area contributed by atoms with Gasteiger partial charge in [0.2, 0.25) is 5.88 Å². The molecule has 0 unspecified atom stereocenters. The van der Waals surface area contributed by atoms with E-state index >= 15 is 0 Å². The van der Waals surface area contributed by atoms with E-state index in [2.05, 4.69) is 4.98 Å². The van der Waals surface area contributed by atoms with Crippen molar-refractivity contribution in [1.29, 1.82) is 0 Å². The largest absolute Gasteiger partial charge is 0.481 e. The van der Waals surface area contributed by atoms with Gasteiger partial charge in [-0.05, 0) is 25.1 Å². The van der Waals surface area contributed by atoms with Crippen LogP contribution in [-0.2, 0) is 0 Å². The van der Waals surface area contributed by atoms with Crippen molar-refractivity contribution in [3.05, 3.63) is 29.7 Å². The van der Waals surface area contributed by atoms with Crippen LogP contribution in [0.1, 0.15) is 5.69 Å². The first kappa shape index (κ1) is 9.71. The minimum Gasteiger partial charge on any atom is -0.481 e. The number of halogens is 1. The molecule has 4 heteroatoms. The molecule has 1 heterocycles. The van der Waals surface area contributed by atoms with E-state index in [4.69, 9.17) is 10.5 Å². The van der Waals surface area contributed by atoms with Crippen LogP contribution in [0.5, 0.6) is 5.88 Å². The van der Waals surface area contributed by atoms with E-state index in [1.807, 2.05) is 0 Å². The summed E-state index contributed by atoms with van der Waals surface area (Å²) in [5.41, 5.74) is 7.10. The highest BCUT2D eigenvalue weighted by molar-refractivity contribution is 5.96. The summed E-state index contributed by atoms with van der Waals surface area (Å²) in [7, 11) is 1.50. The maximum absolute atomic E-state index is 13.1. The van der Waals surface area contributed by atoms with Crippen LogP contribution < -0.4 is 10.5 Å². The average molecular weight is 206 g/mol. The van der Waals surface area contributed by atoms with Gasteiger partial charge in [0.05, 0.1) is 18.5 Å². The van der Waals surface area contributed by atoms with E-state index in [1.165, 1.54) is 19.2 Å². The molecule has 2 rings (SSSR count). The number of nitrogens with two attached hydrogens (primary N) is 1. The van der Waals surface area contributed by atoms with Crippen LogP contribution in [0.3, 0.4) is 0 Å². The Morgan fingerprint density at radius 2 is 2.07 bits per heavy atom. The Morgan fingerprint density at radius 3 is 2.73 bits per heavy atom. The zero-order chi connectivity index (χ0) is 11.0. The summed E-state index contributed by atoms with van der Waals surface area (Å²) in [6, 6.07) is 4.38. The molecule has 0 fully saturated rings. The summed E-state index contributed by atoms with van der Waals surface area (Å²) in [4.78, 5) is 4.15. The van der Waals surface area contributed by atoms with E-state index in [-0.39, 0.29) is 5.82 Å². The van der Waals surface area contributed by atoms with Crippen molar-refractivity contribution >= 4 is 16.5 Å². The van der Waals surface area contributed by atoms with Gasteiger partial charge in [0.25, 0.3) is 0 Å². The normalized spacial score (nSPS) is 10.6. The fourth-order valence-electron chi connectivity index (χ4n) is 1.55. The molecular formula is C11H11FN2O. The standard InChI is InChI=1S/C11H11FN2O/c1-6-10(13)8-4-3-7(12)5-9(8)11(14-6)15-2/h3-5H,13H2,1-2H3. The monoisotopic (exact) mass is 206 g/mol. The minimum absolute atomic E-state index is 0.328. The Hall–Kier alpha value is -1.84. The number of ether oxygens (including phenoxy) is 1. The minimum atomic E-state index is -0.328. The van der Waals surface area contributed by atoms with Gasteiger partial charge >= 0.3 is 0 Å². The van der Waals surface area contributed by atoms with Gasteiger partial charge < -0.3 is 10.5 Å². The number of rotatable bonds is 1. The quantitative estimate of drug-likeness (QED) is 0.778. The van der Waals surface area contributed by atoms with Gasteiger partial charge in [-0.15, -0.1) is 0 Å². The molecule has 0 aliphatic carbocycles. The van der Waals surface area contributed by atoms with E-state index in [0.717, 1.165) is 5.39 Å². The topological polar surface area (TPSA) is 48.1 Å². The summed E-state index contributed by atoms with van der Waals surface area (Å²) in [6.07, 6.45) is 0. The third-order valence-corrected chi connectivity index (χ3v) is 2.35. The number of pyridine rings is 1. The van der Waals surface area contributed by atoms with Crippen LogP contribution in [0, 0.1) is 12.7 Å². The number of benzene rings is 1. The fraction of sp³-hybridized carbons (Fsp3) is 0.182. The van der Waals surface area contributed by atoms with Gasteiger partial charge in [0.15, 0.2) is 0 Å². The van der Waals surface area contributed by atoms with Crippen LogP contribution >= 0.6 is 0 Å². The van der Waals surface area contributed by atoms with Crippen LogP contribution in [0.15, 0.2) is 18.2 Å². The molecule has 0 atom stereocenters. The molecule has 0 spiro atoms. The molecule has 0 aliphatic rings. The summed E-state index contributed by atoms with van der Waals surface area (Å²) in [6.45, 7) is 1.79. The smallest absolute Gasteiger partial charge is 0.221 e. The van der Waals surface area contributed by atoms with Crippen molar-refractivity contribution in [3.63, 3.8) is 0 Å².